The first kappa shape index (κ1) is 13.7. The highest BCUT2D eigenvalue weighted by molar-refractivity contribution is 9.10. The summed E-state index contributed by atoms with van der Waals surface area (Å²) in [6.45, 7) is 1.59. The summed E-state index contributed by atoms with van der Waals surface area (Å²) in [5, 5.41) is 0. The third-order valence-electron chi connectivity index (χ3n) is 2.67. The number of carbonyl (C=O) groups is 1. The molecule has 0 atom stereocenters. The number of benzene rings is 2. The van der Waals surface area contributed by atoms with E-state index in [0.717, 1.165) is 10.0 Å². The quantitative estimate of drug-likeness (QED) is 0.781. The van der Waals surface area contributed by atoms with Crippen LogP contribution in [0.15, 0.2) is 46.9 Å². The van der Waals surface area contributed by atoms with Crippen LogP contribution in [0.25, 0.3) is 0 Å². The zero-order valence-corrected chi connectivity index (χ0v) is 11.9. The fourth-order valence-corrected chi connectivity index (χ4v) is 2.14. The Kier molecular flexibility index (Phi) is 4.32. The lowest BCUT2D eigenvalue weighted by molar-refractivity contribution is 0.100. The van der Waals surface area contributed by atoms with Gasteiger partial charge in [-0.05, 0) is 25.1 Å². The van der Waals surface area contributed by atoms with Crippen LogP contribution in [0, 0.1) is 5.82 Å². The number of ether oxygens (including phenoxy) is 1. The van der Waals surface area contributed by atoms with E-state index >= 15 is 0 Å². The van der Waals surface area contributed by atoms with Crippen molar-refractivity contribution < 1.29 is 13.9 Å². The molecule has 0 radical (unpaired) electrons. The first-order chi connectivity index (χ1) is 9.09. The van der Waals surface area contributed by atoms with Crippen LogP contribution in [0.4, 0.5) is 4.39 Å². The Morgan fingerprint density at radius 1 is 1.21 bits per heavy atom. The van der Waals surface area contributed by atoms with Gasteiger partial charge in [0.25, 0.3) is 0 Å². The Labute approximate surface area is 119 Å². The van der Waals surface area contributed by atoms with Crippen molar-refractivity contribution in [2.24, 2.45) is 0 Å². The SMILES string of the molecule is CC(=O)c1c(F)cccc1OCc1ccccc1Br. The molecule has 0 unspecified atom stereocenters. The van der Waals surface area contributed by atoms with Gasteiger partial charge in [0, 0.05) is 10.0 Å². The van der Waals surface area contributed by atoms with Gasteiger partial charge in [-0.25, -0.2) is 4.39 Å². The highest BCUT2D eigenvalue weighted by Gasteiger charge is 2.14. The van der Waals surface area contributed by atoms with Crippen LogP contribution in [-0.2, 0) is 6.61 Å². The van der Waals surface area contributed by atoms with Gasteiger partial charge in [-0.3, -0.25) is 4.79 Å². The molecule has 0 amide bonds. The van der Waals surface area contributed by atoms with E-state index in [-0.39, 0.29) is 23.7 Å². The third-order valence-corrected chi connectivity index (χ3v) is 3.44. The van der Waals surface area contributed by atoms with Crippen molar-refractivity contribution in [3.05, 3.63) is 63.9 Å². The van der Waals surface area contributed by atoms with Crippen LogP contribution in [0.2, 0.25) is 0 Å². The largest absolute Gasteiger partial charge is 0.488 e. The molecule has 0 saturated carbocycles. The number of carbonyl (C=O) groups excluding carboxylic acids is 1. The van der Waals surface area contributed by atoms with Gasteiger partial charge in [-0.1, -0.05) is 40.2 Å². The molecule has 2 nitrogen and oxygen atoms in total. The predicted molar refractivity (Wildman–Crippen MR) is 74.9 cm³/mol. The van der Waals surface area contributed by atoms with Crippen LogP contribution < -0.4 is 4.74 Å². The molecule has 2 aromatic carbocycles. The molecule has 0 aliphatic carbocycles. The van der Waals surface area contributed by atoms with Gasteiger partial charge in [0.2, 0.25) is 0 Å². The maximum atomic E-state index is 13.6. The highest BCUT2D eigenvalue weighted by Crippen LogP contribution is 2.24. The monoisotopic (exact) mass is 322 g/mol. The van der Waals surface area contributed by atoms with Gasteiger partial charge < -0.3 is 4.74 Å². The van der Waals surface area contributed by atoms with E-state index in [4.69, 9.17) is 4.74 Å². The van der Waals surface area contributed by atoms with Crippen LogP contribution >= 0.6 is 15.9 Å². The summed E-state index contributed by atoms with van der Waals surface area (Å²) in [4.78, 5) is 11.4. The second-order valence-electron chi connectivity index (χ2n) is 4.05. The Morgan fingerprint density at radius 2 is 1.95 bits per heavy atom. The standard InChI is InChI=1S/C15H12BrFO2/c1-10(18)15-13(17)7-4-8-14(15)19-9-11-5-2-3-6-12(11)16/h2-8H,9H2,1H3. The van der Waals surface area contributed by atoms with E-state index in [1.165, 1.54) is 19.1 Å². The minimum Gasteiger partial charge on any atom is -0.488 e. The van der Waals surface area contributed by atoms with Gasteiger partial charge >= 0.3 is 0 Å². The smallest absolute Gasteiger partial charge is 0.166 e. The summed E-state index contributed by atoms with van der Waals surface area (Å²) < 4.78 is 20.1. The van der Waals surface area contributed by atoms with Crippen molar-refractivity contribution >= 4 is 21.7 Å². The number of ketones is 1. The lowest BCUT2D eigenvalue weighted by Gasteiger charge is -2.11. The molecule has 2 rings (SSSR count). The van der Waals surface area contributed by atoms with Crippen molar-refractivity contribution in [2.45, 2.75) is 13.5 Å². The molecule has 2 aromatic rings. The second-order valence-corrected chi connectivity index (χ2v) is 4.90. The van der Waals surface area contributed by atoms with Crippen molar-refractivity contribution in [3.8, 4) is 5.75 Å². The average molecular weight is 323 g/mol. The van der Waals surface area contributed by atoms with E-state index in [2.05, 4.69) is 15.9 Å². The molecule has 0 heterocycles. The van der Waals surface area contributed by atoms with Gasteiger partial charge in [-0.2, -0.15) is 0 Å². The summed E-state index contributed by atoms with van der Waals surface area (Å²) in [6, 6.07) is 12.0. The number of hydrogen-bond acceptors (Lipinski definition) is 2. The van der Waals surface area contributed by atoms with Gasteiger partial charge in [0.15, 0.2) is 5.78 Å². The molecule has 0 aromatic heterocycles. The van der Waals surface area contributed by atoms with Gasteiger partial charge in [0.1, 0.15) is 18.2 Å². The number of halogens is 2. The fraction of sp³-hybridized carbons (Fsp3) is 0.133. The van der Waals surface area contributed by atoms with E-state index in [9.17, 15) is 9.18 Å². The molecule has 0 bridgehead atoms. The predicted octanol–water partition coefficient (Wildman–Crippen LogP) is 4.37. The average Bonchev–Trinajstić information content (AvgIpc) is 2.37. The molecule has 0 saturated heterocycles. The van der Waals surface area contributed by atoms with Crippen molar-refractivity contribution in [1.82, 2.24) is 0 Å². The molecule has 0 aliphatic rings. The minimum atomic E-state index is -0.558. The van der Waals surface area contributed by atoms with Gasteiger partial charge in [0.05, 0.1) is 5.56 Å². The van der Waals surface area contributed by atoms with Crippen LogP contribution in [-0.4, -0.2) is 5.78 Å². The Balaban J connectivity index is 2.23. The summed E-state index contributed by atoms with van der Waals surface area (Å²) in [5.41, 5.74) is 0.927. The van der Waals surface area contributed by atoms with Crippen molar-refractivity contribution in [3.63, 3.8) is 0 Å². The van der Waals surface area contributed by atoms with Gasteiger partial charge in [-0.15, -0.1) is 0 Å². The first-order valence-electron chi connectivity index (χ1n) is 5.75. The van der Waals surface area contributed by atoms with Crippen LogP contribution in [0.3, 0.4) is 0 Å². The molecule has 98 valence electrons. The molecule has 4 heteroatoms. The Hall–Kier alpha value is -1.68. The molecule has 19 heavy (non-hydrogen) atoms. The fourth-order valence-electron chi connectivity index (χ4n) is 1.74. The maximum absolute atomic E-state index is 13.6. The molecule has 0 spiro atoms. The highest BCUT2D eigenvalue weighted by atomic mass is 79.9. The van der Waals surface area contributed by atoms with Crippen LogP contribution in [0.5, 0.6) is 5.75 Å². The second kappa shape index (κ2) is 5.97. The van der Waals surface area contributed by atoms with E-state index in [1.54, 1.807) is 6.07 Å². The van der Waals surface area contributed by atoms with Crippen LogP contribution in [0.1, 0.15) is 22.8 Å². The van der Waals surface area contributed by atoms with E-state index in [0.29, 0.717) is 0 Å². The van der Waals surface area contributed by atoms with E-state index < -0.39 is 5.82 Å². The molecular weight excluding hydrogens is 311 g/mol. The normalized spacial score (nSPS) is 10.3. The minimum absolute atomic E-state index is 0.00504. The molecule has 0 aliphatic heterocycles. The number of Topliss-reactive ketones (excluding diaryl/α,β-unsaturated/α-hetero) is 1. The molecule has 0 fully saturated rings. The number of rotatable bonds is 4. The zero-order chi connectivity index (χ0) is 13.8. The molecular formula is C15H12BrFO2. The summed E-state index contributed by atoms with van der Waals surface area (Å²) >= 11 is 3.41. The first-order valence-corrected chi connectivity index (χ1v) is 6.54. The zero-order valence-electron chi connectivity index (χ0n) is 10.3. The summed E-state index contributed by atoms with van der Waals surface area (Å²) in [7, 11) is 0. The van der Waals surface area contributed by atoms with Crippen molar-refractivity contribution in [2.75, 3.05) is 0 Å². The van der Waals surface area contributed by atoms with E-state index in [1.807, 2.05) is 24.3 Å². The maximum Gasteiger partial charge on any atom is 0.166 e. The topological polar surface area (TPSA) is 26.3 Å². The Morgan fingerprint density at radius 3 is 2.63 bits per heavy atom. The lowest BCUT2D eigenvalue weighted by Crippen LogP contribution is -2.04. The lowest BCUT2D eigenvalue weighted by atomic mass is 10.1. The summed E-state index contributed by atoms with van der Waals surface area (Å²) in [6.07, 6.45) is 0. The number of hydrogen-bond donors (Lipinski definition) is 0. The summed E-state index contributed by atoms with van der Waals surface area (Å²) in [5.74, 6) is -0.638. The molecule has 0 N–H and O–H groups in total. The van der Waals surface area contributed by atoms with Crippen molar-refractivity contribution in [1.29, 1.82) is 0 Å². The third kappa shape index (κ3) is 3.20. The Bertz CT molecular complexity index is 611.